The van der Waals surface area contributed by atoms with E-state index in [2.05, 4.69) is 16.4 Å². The van der Waals surface area contributed by atoms with Crippen LogP contribution in [-0.4, -0.2) is 29.6 Å². The summed E-state index contributed by atoms with van der Waals surface area (Å²) >= 11 is 0. The minimum Gasteiger partial charge on any atom is -0.447 e. The van der Waals surface area contributed by atoms with Gasteiger partial charge in [-0.15, -0.1) is 0 Å². The van der Waals surface area contributed by atoms with Crippen molar-refractivity contribution >= 4 is 40.0 Å². The van der Waals surface area contributed by atoms with Crippen LogP contribution in [0.25, 0.3) is 10.8 Å². The standard InChI is InChI=1S/C20H21FN4O3/c1-3-4-11-5-13(11)19(26)24-16-7-12-6-15(25-10(2)9-28-20(25)27)17(21)18(22)14(12)8-23-16/h4,6-8,10,13H,3,5,9,22H2,1-2H3,(H,23,24,26)/b11-4-/t10-,13+/m1/s1. The third kappa shape index (κ3) is 3.04. The Hall–Kier alpha value is -3.16. The number of nitrogens with one attached hydrogen (secondary N) is 1. The van der Waals surface area contributed by atoms with Crippen LogP contribution < -0.4 is 16.0 Å². The molecule has 4 rings (SSSR count). The van der Waals surface area contributed by atoms with Crippen molar-refractivity contribution in [3.05, 3.63) is 35.8 Å². The highest BCUT2D eigenvalue weighted by Gasteiger charge is 2.36. The summed E-state index contributed by atoms with van der Waals surface area (Å²) in [6, 6.07) is 2.85. The van der Waals surface area contributed by atoms with Crippen LogP contribution in [0.2, 0.25) is 0 Å². The monoisotopic (exact) mass is 384 g/mol. The molecular formula is C20H21FN4O3. The summed E-state index contributed by atoms with van der Waals surface area (Å²) in [5.41, 5.74) is 7.04. The summed E-state index contributed by atoms with van der Waals surface area (Å²) in [5, 5.41) is 3.78. The highest BCUT2D eigenvalue weighted by atomic mass is 19.1. The van der Waals surface area contributed by atoms with E-state index in [-0.39, 0.29) is 35.8 Å². The van der Waals surface area contributed by atoms with Crippen molar-refractivity contribution in [3.63, 3.8) is 0 Å². The summed E-state index contributed by atoms with van der Waals surface area (Å²) in [4.78, 5) is 29.7. The molecule has 2 atom stereocenters. The first kappa shape index (κ1) is 18.2. The van der Waals surface area contributed by atoms with Crippen molar-refractivity contribution in [1.29, 1.82) is 0 Å². The van der Waals surface area contributed by atoms with Gasteiger partial charge in [-0.2, -0.15) is 0 Å². The molecule has 1 aromatic heterocycles. The molecule has 28 heavy (non-hydrogen) atoms. The molecule has 0 bridgehead atoms. The van der Waals surface area contributed by atoms with Gasteiger partial charge in [0, 0.05) is 11.6 Å². The Bertz CT molecular complexity index is 1020. The molecule has 2 aliphatic rings. The molecule has 1 saturated carbocycles. The quantitative estimate of drug-likeness (QED) is 0.620. The number of hydrogen-bond donors (Lipinski definition) is 2. The summed E-state index contributed by atoms with van der Waals surface area (Å²) in [6.07, 6.45) is 4.54. The van der Waals surface area contributed by atoms with Crippen molar-refractivity contribution in [2.24, 2.45) is 5.92 Å². The number of anilines is 3. The first-order chi connectivity index (χ1) is 13.4. The molecule has 1 aliphatic carbocycles. The van der Waals surface area contributed by atoms with Crippen LogP contribution in [-0.2, 0) is 9.53 Å². The first-order valence-electron chi connectivity index (χ1n) is 9.24. The Labute approximate surface area is 161 Å². The van der Waals surface area contributed by atoms with Crippen LogP contribution in [0.4, 0.5) is 26.4 Å². The fourth-order valence-electron chi connectivity index (χ4n) is 3.52. The summed E-state index contributed by atoms with van der Waals surface area (Å²) in [6.45, 7) is 3.98. The zero-order valence-corrected chi connectivity index (χ0v) is 15.7. The Kier molecular flexibility index (Phi) is 4.41. The summed E-state index contributed by atoms with van der Waals surface area (Å²) in [5.74, 6) is -0.552. The lowest BCUT2D eigenvalue weighted by atomic mass is 10.1. The van der Waals surface area contributed by atoms with Crippen molar-refractivity contribution in [3.8, 4) is 0 Å². The number of allylic oxidation sites excluding steroid dienone is 1. The highest BCUT2D eigenvalue weighted by molar-refractivity contribution is 6.02. The van der Waals surface area contributed by atoms with E-state index in [1.54, 1.807) is 13.0 Å². The second-order valence-electron chi connectivity index (χ2n) is 7.14. The van der Waals surface area contributed by atoms with Gasteiger partial charge >= 0.3 is 6.09 Å². The largest absolute Gasteiger partial charge is 0.447 e. The smallest absolute Gasteiger partial charge is 0.414 e. The maximum Gasteiger partial charge on any atom is 0.414 e. The average Bonchev–Trinajstić information content (AvgIpc) is 3.36. The van der Waals surface area contributed by atoms with Gasteiger partial charge in [0.25, 0.3) is 0 Å². The fraction of sp³-hybridized carbons (Fsp3) is 0.350. The van der Waals surface area contributed by atoms with E-state index >= 15 is 0 Å². The maximum atomic E-state index is 14.8. The Balaban J connectivity index is 1.67. The molecule has 1 aliphatic heterocycles. The second-order valence-corrected chi connectivity index (χ2v) is 7.14. The molecule has 0 radical (unpaired) electrons. The number of carbonyl (C=O) groups excluding carboxylic acids is 2. The number of fused-ring (bicyclic) bond motifs is 1. The number of pyridine rings is 1. The number of halogens is 1. The topological polar surface area (TPSA) is 97.5 Å². The number of hydrogen-bond acceptors (Lipinski definition) is 5. The predicted molar refractivity (Wildman–Crippen MR) is 105 cm³/mol. The zero-order valence-electron chi connectivity index (χ0n) is 15.7. The Morgan fingerprint density at radius 2 is 2.29 bits per heavy atom. The number of benzene rings is 1. The van der Waals surface area contributed by atoms with Crippen molar-refractivity contribution < 1.29 is 18.7 Å². The number of cyclic esters (lactones) is 1. The van der Waals surface area contributed by atoms with Gasteiger partial charge in [-0.3, -0.25) is 9.69 Å². The van der Waals surface area contributed by atoms with E-state index in [0.29, 0.717) is 16.6 Å². The summed E-state index contributed by atoms with van der Waals surface area (Å²) < 4.78 is 19.8. The SMILES string of the molecule is CC/C=C1/C[C@@H]1C(=O)Nc1cc2cc(N3C(=O)OC[C@H]3C)c(F)c(N)c2cn1. The number of nitrogen functional groups attached to an aromatic ring is 1. The van der Waals surface area contributed by atoms with Crippen molar-refractivity contribution in [2.45, 2.75) is 32.7 Å². The number of ether oxygens (including phenoxy) is 1. The molecule has 2 heterocycles. The molecule has 3 N–H and O–H groups in total. The number of nitrogens with two attached hydrogens (primary N) is 1. The van der Waals surface area contributed by atoms with Crippen LogP contribution in [0.3, 0.4) is 0 Å². The molecule has 0 spiro atoms. The number of nitrogens with zero attached hydrogens (tertiary/aromatic N) is 2. The van der Waals surface area contributed by atoms with Gasteiger partial charge in [0.05, 0.1) is 23.3 Å². The highest BCUT2D eigenvalue weighted by Crippen LogP contribution is 2.39. The molecule has 2 amide bonds. The molecule has 2 aromatic rings. The van der Waals surface area contributed by atoms with E-state index in [4.69, 9.17) is 10.5 Å². The van der Waals surface area contributed by atoms with Crippen LogP contribution in [0.1, 0.15) is 26.7 Å². The van der Waals surface area contributed by atoms with E-state index < -0.39 is 11.9 Å². The molecule has 0 unspecified atom stereocenters. The zero-order chi connectivity index (χ0) is 20.0. The van der Waals surface area contributed by atoms with Crippen molar-refractivity contribution in [1.82, 2.24) is 4.98 Å². The second kappa shape index (κ2) is 6.78. The van der Waals surface area contributed by atoms with Crippen molar-refractivity contribution in [2.75, 3.05) is 22.6 Å². The van der Waals surface area contributed by atoms with Gasteiger partial charge in [-0.05, 0) is 37.3 Å². The third-order valence-corrected chi connectivity index (χ3v) is 5.09. The lowest BCUT2D eigenvalue weighted by Gasteiger charge is -2.20. The Morgan fingerprint density at radius 3 is 2.96 bits per heavy atom. The number of aromatic nitrogens is 1. The van der Waals surface area contributed by atoms with E-state index in [1.807, 2.05) is 6.92 Å². The van der Waals surface area contributed by atoms with Crippen LogP contribution in [0, 0.1) is 11.7 Å². The minimum atomic E-state index is -0.691. The van der Waals surface area contributed by atoms with Crippen LogP contribution >= 0.6 is 0 Å². The first-order valence-corrected chi connectivity index (χ1v) is 9.24. The van der Waals surface area contributed by atoms with E-state index in [1.165, 1.54) is 17.2 Å². The molecule has 1 saturated heterocycles. The lowest BCUT2D eigenvalue weighted by molar-refractivity contribution is -0.117. The molecule has 146 valence electrons. The number of carbonyl (C=O) groups is 2. The average molecular weight is 384 g/mol. The van der Waals surface area contributed by atoms with E-state index in [0.717, 1.165) is 18.4 Å². The van der Waals surface area contributed by atoms with Gasteiger partial charge < -0.3 is 15.8 Å². The lowest BCUT2D eigenvalue weighted by Crippen LogP contribution is -2.31. The van der Waals surface area contributed by atoms with Gasteiger partial charge in [-0.1, -0.05) is 18.6 Å². The molecule has 8 heteroatoms. The summed E-state index contributed by atoms with van der Waals surface area (Å²) in [7, 11) is 0. The molecule has 1 aromatic carbocycles. The fourth-order valence-corrected chi connectivity index (χ4v) is 3.52. The molecular weight excluding hydrogens is 363 g/mol. The number of amides is 2. The van der Waals surface area contributed by atoms with E-state index in [9.17, 15) is 14.0 Å². The van der Waals surface area contributed by atoms with Crippen LogP contribution in [0.5, 0.6) is 0 Å². The van der Waals surface area contributed by atoms with Gasteiger partial charge in [0.2, 0.25) is 5.91 Å². The normalized spacial score (nSPS) is 22.6. The maximum absolute atomic E-state index is 14.8. The molecule has 7 nitrogen and oxygen atoms in total. The predicted octanol–water partition coefficient (Wildman–Crippen LogP) is 3.60. The van der Waals surface area contributed by atoms with Gasteiger partial charge in [0.15, 0.2) is 5.82 Å². The van der Waals surface area contributed by atoms with Gasteiger partial charge in [0.1, 0.15) is 12.4 Å². The van der Waals surface area contributed by atoms with Crippen LogP contribution in [0.15, 0.2) is 30.0 Å². The minimum absolute atomic E-state index is 0.0545. The molecule has 2 fully saturated rings. The van der Waals surface area contributed by atoms with Gasteiger partial charge in [-0.25, -0.2) is 14.2 Å². The Morgan fingerprint density at radius 1 is 1.50 bits per heavy atom. The third-order valence-electron chi connectivity index (χ3n) is 5.09. The number of rotatable bonds is 4.